The van der Waals surface area contributed by atoms with E-state index in [1.54, 1.807) is 11.6 Å². The first kappa shape index (κ1) is 15.4. The molecule has 3 rings (SSSR count). The fourth-order valence-electron chi connectivity index (χ4n) is 2.17. The molecule has 0 N–H and O–H groups in total. The molecule has 0 unspecified atom stereocenters. The van der Waals surface area contributed by atoms with E-state index in [0.29, 0.717) is 4.80 Å². The quantitative estimate of drug-likeness (QED) is 0.525. The van der Waals surface area contributed by atoms with Crippen LogP contribution in [0.5, 0.6) is 0 Å². The van der Waals surface area contributed by atoms with E-state index in [2.05, 4.69) is 4.99 Å². The summed E-state index contributed by atoms with van der Waals surface area (Å²) in [4.78, 5) is 27.3. The maximum Gasteiger partial charge on any atom is 0.286 e. The number of nitro groups is 1. The van der Waals surface area contributed by atoms with Crippen LogP contribution in [0.1, 0.15) is 10.4 Å². The molecule has 23 heavy (non-hydrogen) atoms. The van der Waals surface area contributed by atoms with Crippen molar-refractivity contribution in [3.05, 3.63) is 68.0 Å². The number of fused-ring (bicyclic) bond motifs is 1. The average Bonchev–Trinajstić information content (AvgIpc) is 2.83. The van der Waals surface area contributed by atoms with Crippen molar-refractivity contribution in [2.24, 2.45) is 12.0 Å². The summed E-state index contributed by atoms with van der Waals surface area (Å²) in [5.74, 6) is -0.693. The van der Waals surface area contributed by atoms with Gasteiger partial charge in [0.25, 0.3) is 11.6 Å². The van der Waals surface area contributed by atoms with Crippen molar-refractivity contribution < 1.29 is 9.72 Å². The van der Waals surface area contributed by atoms with Crippen LogP contribution in [-0.4, -0.2) is 15.4 Å². The molecule has 1 amide bonds. The minimum absolute atomic E-state index is 0.125. The van der Waals surface area contributed by atoms with Gasteiger partial charge in [0.1, 0.15) is 5.56 Å². The predicted molar refractivity (Wildman–Crippen MR) is 88.8 cm³/mol. The van der Waals surface area contributed by atoms with Crippen LogP contribution < -0.4 is 4.80 Å². The van der Waals surface area contributed by atoms with E-state index in [-0.39, 0.29) is 16.3 Å². The molecule has 6 nitrogen and oxygen atoms in total. The molecule has 116 valence electrons. The third-order valence-electron chi connectivity index (χ3n) is 3.30. The number of thiazole rings is 1. The summed E-state index contributed by atoms with van der Waals surface area (Å²) in [5, 5.41) is 11.3. The Morgan fingerprint density at radius 1 is 1.30 bits per heavy atom. The fourth-order valence-corrected chi connectivity index (χ4v) is 3.36. The molecule has 0 bridgehead atoms. The lowest BCUT2D eigenvalue weighted by atomic mass is 10.2. The molecule has 0 radical (unpaired) electrons. The summed E-state index contributed by atoms with van der Waals surface area (Å²) >= 11 is 7.18. The third-order valence-corrected chi connectivity index (χ3v) is 4.65. The zero-order valence-corrected chi connectivity index (χ0v) is 13.5. The monoisotopic (exact) mass is 347 g/mol. The molecular weight excluding hydrogens is 338 g/mol. The number of nitro benzene ring substituents is 1. The van der Waals surface area contributed by atoms with E-state index in [0.717, 1.165) is 10.2 Å². The SMILES string of the molecule is Cn1c(=NC(=O)c2cc(Cl)ccc2[N+](=O)[O-])sc2ccccc21. The van der Waals surface area contributed by atoms with Crippen molar-refractivity contribution in [2.45, 2.75) is 0 Å². The number of carbonyl (C=O) groups is 1. The van der Waals surface area contributed by atoms with Crippen molar-refractivity contribution >= 4 is 44.7 Å². The van der Waals surface area contributed by atoms with E-state index in [9.17, 15) is 14.9 Å². The van der Waals surface area contributed by atoms with Crippen molar-refractivity contribution in [1.29, 1.82) is 0 Å². The Kier molecular flexibility index (Phi) is 3.97. The Morgan fingerprint density at radius 3 is 2.74 bits per heavy atom. The third kappa shape index (κ3) is 2.88. The van der Waals surface area contributed by atoms with Crippen LogP contribution in [0, 0.1) is 10.1 Å². The summed E-state index contributed by atoms with van der Waals surface area (Å²) in [6, 6.07) is 11.5. The number of amides is 1. The van der Waals surface area contributed by atoms with Crippen molar-refractivity contribution in [3.8, 4) is 0 Å². The number of hydrogen-bond donors (Lipinski definition) is 0. The van der Waals surface area contributed by atoms with Crippen molar-refractivity contribution in [3.63, 3.8) is 0 Å². The molecule has 1 aromatic heterocycles. The number of aryl methyl sites for hydroxylation is 1. The van der Waals surface area contributed by atoms with Crippen molar-refractivity contribution in [2.75, 3.05) is 0 Å². The Balaban J connectivity index is 2.16. The number of carbonyl (C=O) groups excluding carboxylic acids is 1. The van der Waals surface area contributed by atoms with Gasteiger partial charge in [-0.1, -0.05) is 35.1 Å². The highest BCUT2D eigenvalue weighted by atomic mass is 35.5. The van der Waals surface area contributed by atoms with Crippen LogP contribution in [0.2, 0.25) is 5.02 Å². The highest BCUT2D eigenvalue weighted by molar-refractivity contribution is 7.16. The molecule has 0 aliphatic carbocycles. The first-order chi connectivity index (χ1) is 11.0. The standard InChI is InChI=1S/C15H10ClN3O3S/c1-18-12-4-2-3-5-13(12)23-15(18)17-14(20)10-8-9(16)6-7-11(10)19(21)22/h2-8H,1H3. The molecule has 2 aromatic carbocycles. The van der Waals surface area contributed by atoms with Gasteiger partial charge in [-0.15, -0.1) is 0 Å². The van der Waals surface area contributed by atoms with Crippen LogP contribution in [0.3, 0.4) is 0 Å². The number of para-hydroxylation sites is 1. The topological polar surface area (TPSA) is 77.5 Å². The first-order valence-electron chi connectivity index (χ1n) is 6.55. The summed E-state index contributed by atoms with van der Waals surface area (Å²) in [5.41, 5.74) is 0.497. The second kappa shape index (κ2) is 5.94. The van der Waals surface area contributed by atoms with Crippen LogP contribution in [0.25, 0.3) is 10.2 Å². The molecule has 0 saturated carbocycles. The molecule has 0 fully saturated rings. The van der Waals surface area contributed by atoms with E-state index in [1.807, 2.05) is 24.3 Å². The number of hydrogen-bond acceptors (Lipinski definition) is 4. The normalized spacial score (nSPS) is 11.8. The summed E-state index contributed by atoms with van der Waals surface area (Å²) in [6.07, 6.45) is 0. The molecule has 1 heterocycles. The number of nitrogens with zero attached hydrogens (tertiary/aromatic N) is 3. The summed E-state index contributed by atoms with van der Waals surface area (Å²) in [7, 11) is 1.79. The molecule has 0 aliphatic rings. The fraction of sp³-hybridized carbons (Fsp3) is 0.0667. The number of benzene rings is 2. The second-order valence-corrected chi connectivity index (χ2v) is 6.19. The van der Waals surface area contributed by atoms with Crippen molar-refractivity contribution in [1.82, 2.24) is 4.57 Å². The lowest BCUT2D eigenvalue weighted by Crippen LogP contribution is -2.14. The van der Waals surface area contributed by atoms with Gasteiger partial charge in [-0.05, 0) is 24.3 Å². The summed E-state index contributed by atoms with van der Waals surface area (Å²) < 4.78 is 2.75. The molecule has 0 aliphatic heterocycles. The van der Waals surface area contributed by atoms with Gasteiger partial charge >= 0.3 is 0 Å². The van der Waals surface area contributed by atoms with Gasteiger partial charge in [-0.2, -0.15) is 4.99 Å². The molecule has 8 heteroatoms. The molecular formula is C15H10ClN3O3S. The Bertz CT molecular complexity index is 1010. The predicted octanol–water partition coefficient (Wildman–Crippen LogP) is 3.54. The van der Waals surface area contributed by atoms with E-state index in [1.165, 1.54) is 29.5 Å². The smallest absolute Gasteiger partial charge is 0.286 e. The zero-order valence-electron chi connectivity index (χ0n) is 11.9. The van der Waals surface area contributed by atoms with E-state index >= 15 is 0 Å². The van der Waals surface area contributed by atoms with Crippen LogP contribution in [0.15, 0.2) is 47.5 Å². The Hall–Kier alpha value is -2.51. The lowest BCUT2D eigenvalue weighted by molar-refractivity contribution is -0.385. The number of aromatic nitrogens is 1. The number of rotatable bonds is 2. The second-order valence-electron chi connectivity index (χ2n) is 4.75. The van der Waals surface area contributed by atoms with Crippen LogP contribution >= 0.6 is 22.9 Å². The zero-order chi connectivity index (χ0) is 16.6. The van der Waals surface area contributed by atoms with E-state index < -0.39 is 10.8 Å². The van der Waals surface area contributed by atoms with Gasteiger partial charge < -0.3 is 4.57 Å². The molecule has 3 aromatic rings. The summed E-state index contributed by atoms with van der Waals surface area (Å²) in [6.45, 7) is 0. The molecule has 0 spiro atoms. The van der Waals surface area contributed by atoms with Gasteiger partial charge in [-0.3, -0.25) is 14.9 Å². The number of halogens is 1. The van der Waals surface area contributed by atoms with E-state index in [4.69, 9.17) is 11.6 Å². The van der Waals surface area contributed by atoms with Gasteiger partial charge in [-0.25, -0.2) is 0 Å². The minimum Gasteiger partial charge on any atom is -0.319 e. The van der Waals surface area contributed by atoms with Gasteiger partial charge in [0.2, 0.25) is 0 Å². The maximum atomic E-state index is 12.4. The van der Waals surface area contributed by atoms with Crippen LogP contribution in [0.4, 0.5) is 5.69 Å². The van der Waals surface area contributed by atoms with Gasteiger partial charge in [0.15, 0.2) is 4.80 Å². The van der Waals surface area contributed by atoms with Gasteiger partial charge in [0.05, 0.1) is 15.1 Å². The lowest BCUT2D eigenvalue weighted by Gasteiger charge is -1.99. The highest BCUT2D eigenvalue weighted by Crippen LogP contribution is 2.23. The maximum absolute atomic E-state index is 12.4. The van der Waals surface area contributed by atoms with Gasteiger partial charge in [0, 0.05) is 18.1 Å². The first-order valence-corrected chi connectivity index (χ1v) is 7.74. The minimum atomic E-state index is -0.693. The van der Waals surface area contributed by atoms with Crippen LogP contribution in [-0.2, 0) is 7.05 Å². The average molecular weight is 348 g/mol. The highest BCUT2D eigenvalue weighted by Gasteiger charge is 2.20. The Labute approximate surface area is 139 Å². The largest absolute Gasteiger partial charge is 0.319 e. The Morgan fingerprint density at radius 2 is 2.04 bits per heavy atom. The molecule has 0 atom stereocenters. The molecule has 0 saturated heterocycles.